The van der Waals surface area contributed by atoms with Crippen molar-refractivity contribution < 1.29 is 19.4 Å². The van der Waals surface area contributed by atoms with Crippen LogP contribution in [0, 0.1) is 20.8 Å². The van der Waals surface area contributed by atoms with Gasteiger partial charge in [0.2, 0.25) is 0 Å². The van der Waals surface area contributed by atoms with E-state index in [2.05, 4.69) is 24.0 Å². The number of hydrogen-bond acceptors (Lipinski definition) is 6. The van der Waals surface area contributed by atoms with Crippen molar-refractivity contribution in [3.8, 4) is 16.2 Å². The minimum absolute atomic E-state index is 0.0183. The highest BCUT2D eigenvalue weighted by Gasteiger charge is 2.22. The van der Waals surface area contributed by atoms with E-state index >= 15 is 0 Å². The second-order valence-electron chi connectivity index (χ2n) is 9.05. The number of carbonyl (C=O) groups excluding carboxylic acids is 1. The Hall–Kier alpha value is -3.23. The van der Waals surface area contributed by atoms with Gasteiger partial charge in [0.25, 0.3) is 5.91 Å². The number of likely N-dealkylation sites (N-methyl/N-ethyl adjacent to an activating group) is 1. The molecule has 1 N–H and O–H groups in total. The molecule has 0 aliphatic heterocycles. The first-order valence-corrected chi connectivity index (χ1v) is 13.0. The molecule has 1 amide bonds. The lowest BCUT2D eigenvalue weighted by atomic mass is 10.0. The molecule has 0 unspecified atom stereocenters. The standard InChI is InChI=1S/C28H35N3O4S/c1-6-7-12-31(27(34)23-11-9-8-10-19(23)2)28-29-17-24(36-28)22-15-20(3)26(21(4)16-22)35-14-13-30(5)18-25(32)33/h8-11,15-17H,6-7,12-14,18H2,1-5H3,(H,32,33). The monoisotopic (exact) mass is 509 g/mol. The summed E-state index contributed by atoms with van der Waals surface area (Å²) in [5.74, 6) is -0.0649. The fraction of sp³-hybridized carbons (Fsp3) is 0.393. The number of aliphatic carboxylic acids is 1. The summed E-state index contributed by atoms with van der Waals surface area (Å²) in [6.45, 7) is 9.61. The van der Waals surface area contributed by atoms with Crippen LogP contribution in [0.4, 0.5) is 5.13 Å². The number of carbonyl (C=O) groups is 2. The molecule has 3 aromatic rings. The second-order valence-corrected chi connectivity index (χ2v) is 10.1. The van der Waals surface area contributed by atoms with Crippen LogP contribution in [0.2, 0.25) is 0 Å². The maximum Gasteiger partial charge on any atom is 0.317 e. The topological polar surface area (TPSA) is 83.0 Å². The normalized spacial score (nSPS) is 11.1. The van der Waals surface area contributed by atoms with Gasteiger partial charge in [-0.1, -0.05) is 42.9 Å². The third-order valence-electron chi connectivity index (χ3n) is 5.95. The van der Waals surface area contributed by atoms with E-state index in [1.54, 1.807) is 16.8 Å². The van der Waals surface area contributed by atoms with Crippen LogP contribution < -0.4 is 9.64 Å². The fourth-order valence-electron chi connectivity index (χ4n) is 4.02. The van der Waals surface area contributed by atoms with Crippen LogP contribution in [-0.4, -0.2) is 60.2 Å². The van der Waals surface area contributed by atoms with Gasteiger partial charge in [-0.2, -0.15) is 0 Å². The molecule has 8 heteroatoms. The highest BCUT2D eigenvalue weighted by Crippen LogP contribution is 2.36. The lowest BCUT2D eigenvalue weighted by Gasteiger charge is -2.20. The molecule has 1 heterocycles. The number of thiazole rings is 1. The molecule has 7 nitrogen and oxygen atoms in total. The minimum Gasteiger partial charge on any atom is -0.492 e. The van der Waals surface area contributed by atoms with Gasteiger partial charge in [0.15, 0.2) is 5.13 Å². The lowest BCUT2D eigenvalue weighted by molar-refractivity contribution is -0.138. The molecule has 0 aliphatic rings. The molecule has 3 rings (SSSR count). The predicted molar refractivity (Wildman–Crippen MR) is 145 cm³/mol. The average molecular weight is 510 g/mol. The van der Waals surface area contributed by atoms with Crippen LogP contribution in [0.1, 0.15) is 46.8 Å². The van der Waals surface area contributed by atoms with Crippen molar-refractivity contribution in [2.24, 2.45) is 0 Å². The van der Waals surface area contributed by atoms with Crippen LogP contribution in [0.15, 0.2) is 42.6 Å². The van der Waals surface area contributed by atoms with Gasteiger partial charge in [-0.25, -0.2) is 4.98 Å². The predicted octanol–water partition coefficient (Wildman–Crippen LogP) is 5.58. The van der Waals surface area contributed by atoms with Crippen LogP contribution in [-0.2, 0) is 4.79 Å². The highest BCUT2D eigenvalue weighted by molar-refractivity contribution is 7.19. The van der Waals surface area contributed by atoms with Crippen LogP contribution in [0.5, 0.6) is 5.75 Å². The molecule has 0 saturated heterocycles. The van der Waals surface area contributed by atoms with E-state index in [1.807, 2.05) is 51.2 Å². The molecule has 2 aromatic carbocycles. The fourth-order valence-corrected chi connectivity index (χ4v) is 4.94. The van der Waals surface area contributed by atoms with Crippen molar-refractivity contribution in [1.82, 2.24) is 9.88 Å². The van der Waals surface area contributed by atoms with E-state index in [4.69, 9.17) is 9.84 Å². The first-order valence-electron chi connectivity index (χ1n) is 12.2. The zero-order valence-electron chi connectivity index (χ0n) is 21.7. The lowest BCUT2D eigenvalue weighted by Crippen LogP contribution is -2.32. The Labute approximate surface area is 217 Å². The maximum absolute atomic E-state index is 13.4. The number of nitrogens with zero attached hydrogens (tertiary/aromatic N) is 3. The van der Waals surface area contributed by atoms with Gasteiger partial charge in [-0.15, -0.1) is 0 Å². The number of rotatable bonds is 12. The molecule has 0 atom stereocenters. The molecule has 0 bridgehead atoms. The molecular formula is C28H35N3O4S. The Morgan fingerprint density at radius 1 is 1.06 bits per heavy atom. The Morgan fingerprint density at radius 2 is 1.75 bits per heavy atom. The molecule has 0 spiro atoms. The van der Waals surface area contributed by atoms with E-state index in [0.717, 1.165) is 45.7 Å². The van der Waals surface area contributed by atoms with Crippen molar-refractivity contribution in [2.75, 3.05) is 38.2 Å². The van der Waals surface area contributed by atoms with E-state index < -0.39 is 5.97 Å². The molecule has 36 heavy (non-hydrogen) atoms. The summed E-state index contributed by atoms with van der Waals surface area (Å²) < 4.78 is 5.99. The number of unbranched alkanes of at least 4 members (excludes halogenated alkanes) is 1. The molecule has 192 valence electrons. The first-order chi connectivity index (χ1) is 17.2. The van der Waals surface area contributed by atoms with Crippen LogP contribution >= 0.6 is 11.3 Å². The van der Waals surface area contributed by atoms with E-state index in [9.17, 15) is 9.59 Å². The van der Waals surface area contributed by atoms with Gasteiger partial charge >= 0.3 is 5.97 Å². The molecule has 0 saturated carbocycles. The van der Waals surface area contributed by atoms with Crippen molar-refractivity contribution in [3.63, 3.8) is 0 Å². The summed E-state index contributed by atoms with van der Waals surface area (Å²) in [4.78, 5) is 33.4. The van der Waals surface area contributed by atoms with Crippen LogP contribution in [0.3, 0.4) is 0 Å². The first kappa shape index (κ1) is 27.4. The second kappa shape index (κ2) is 12.6. The molecule has 1 aromatic heterocycles. The number of hydrogen-bond donors (Lipinski definition) is 1. The quantitative estimate of drug-likeness (QED) is 0.343. The van der Waals surface area contributed by atoms with Crippen molar-refractivity contribution in [3.05, 3.63) is 64.8 Å². The number of aryl methyl sites for hydroxylation is 3. The van der Waals surface area contributed by atoms with Crippen molar-refractivity contribution in [2.45, 2.75) is 40.5 Å². The summed E-state index contributed by atoms with van der Waals surface area (Å²) in [5.41, 5.74) is 4.69. The minimum atomic E-state index is -0.855. The number of anilines is 1. The van der Waals surface area contributed by atoms with Crippen LogP contribution in [0.25, 0.3) is 10.4 Å². The van der Waals surface area contributed by atoms with E-state index in [1.165, 1.54) is 11.3 Å². The summed E-state index contributed by atoms with van der Waals surface area (Å²) in [7, 11) is 1.76. The van der Waals surface area contributed by atoms with Crippen molar-refractivity contribution >= 4 is 28.3 Å². The summed E-state index contributed by atoms with van der Waals surface area (Å²) in [6.07, 6.45) is 3.72. The number of carboxylic acids is 1. The smallest absolute Gasteiger partial charge is 0.317 e. The average Bonchev–Trinajstić information content (AvgIpc) is 3.30. The number of carboxylic acid groups (broad SMARTS) is 1. The molecule has 0 fully saturated rings. The number of ether oxygens (including phenoxy) is 1. The third-order valence-corrected chi connectivity index (χ3v) is 7.02. The number of aromatic nitrogens is 1. The van der Waals surface area contributed by atoms with Gasteiger partial charge in [-0.3, -0.25) is 19.4 Å². The van der Waals surface area contributed by atoms with Gasteiger partial charge < -0.3 is 9.84 Å². The Kier molecular flexibility index (Phi) is 9.61. The van der Waals surface area contributed by atoms with Gasteiger partial charge in [0.05, 0.1) is 11.4 Å². The summed E-state index contributed by atoms with van der Waals surface area (Å²) in [6, 6.07) is 11.8. The van der Waals surface area contributed by atoms with Gasteiger partial charge in [-0.05, 0) is 74.7 Å². The van der Waals surface area contributed by atoms with Gasteiger partial charge in [0, 0.05) is 24.8 Å². The number of benzene rings is 2. The zero-order valence-corrected chi connectivity index (χ0v) is 22.5. The van der Waals surface area contributed by atoms with Gasteiger partial charge in [0.1, 0.15) is 12.4 Å². The highest BCUT2D eigenvalue weighted by atomic mass is 32.1. The zero-order chi connectivity index (χ0) is 26.2. The SMILES string of the molecule is CCCCN(C(=O)c1ccccc1C)c1ncc(-c2cc(C)c(OCCN(C)CC(=O)O)c(C)c2)s1. The molecule has 0 aliphatic carbocycles. The Bertz CT molecular complexity index is 1180. The Balaban J connectivity index is 1.79. The van der Waals surface area contributed by atoms with E-state index in [0.29, 0.717) is 30.4 Å². The number of amides is 1. The maximum atomic E-state index is 13.4. The van der Waals surface area contributed by atoms with E-state index in [-0.39, 0.29) is 12.5 Å². The molecular weight excluding hydrogens is 474 g/mol. The summed E-state index contributed by atoms with van der Waals surface area (Å²) in [5, 5.41) is 9.60. The molecule has 0 radical (unpaired) electrons. The Morgan fingerprint density at radius 3 is 2.39 bits per heavy atom. The summed E-state index contributed by atoms with van der Waals surface area (Å²) >= 11 is 1.51. The third kappa shape index (κ3) is 6.92. The largest absolute Gasteiger partial charge is 0.492 e. The van der Waals surface area contributed by atoms with Crippen molar-refractivity contribution in [1.29, 1.82) is 0 Å².